The van der Waals surface area contributed by atoms with Gasteiger partial charge in [-0.2, -0.15) is 0 Å². The normalized spacial score (nSPS) is 11.2. The fourth-order valence-corrected chi connectivity index (χ4v) is 1.64. The topological polar surface area (TPSA) is 56.3 Å². The molecule has 2 aromatic rings. The molecule has 0 aliphatic carbocycles. The van der Waals surface area contributed by atoms with E-state index in [1.807, 2.05) is 24.3 Å². The third kappa shape index (κ3) is 5.04. The van der Waals surface area contributed by atoms with Crippen molar-refractivity contribution in [2.45, 2.75) is 32.9 Å². The summed E-state index contributed by atoms with van der Waals surface area (Å²) in [5.74, 6) is 1.97. The van der Waals surface area contributed by atoms with Crippen molar-refractivity contribution in [1.29, 1.82) is 0 Å². The number of ether oxygens (including phenoxy) is 2. The Hall–Kier alpha value is -2.14. The lowest BCUT2D eigenvalue weighted by Crippen LogP contribution is -2.35. The molecular formula is C16H21N3O2. The van der Waals surface area contributed by atoms with Crippen molar-refractivity contribution in [2.75, 3.05) is 7.11 Å². The molecule has 5 nitrogen and oxygen atoms in total. The first-order chi connectivity index (χ1) is 9.96. The van der Waals surface area contributed by atoms with Crippen molar-refractivity contribution >= 4 is 0 Å². The van der Waals surface area contributed by atoms with Crippen molar-refractivity contribution < 1.29 is 9.47 Å². The first-order valence-corrected chi connectivity index (χ1v) is 6.84. The monoisotopic (exact) mass is 287 g/mol. The zero-order chi connectivity index (χ0) is 15.3. The van der Waals surface area contributed by atoms with Gasteiger partial charge in [0, 0.05) is 18.3 Å². The van der Waals surface area contributed by atoms with Crippen molar-refractivity contribution in [3.8, 4) is 17.4 Å². The van der Waals surface area contributed by atoms with Crippen LogP contribution in [0.25, 0.3) is 0 Å². The minimum atomic E-state index is 0.0362. The molecule has 0 aliphatic rings. The lowest BCUT2D eigenvalue weighted by Gasteiger charge is -2.20. The molecule has 21 heavy (non-hydrogen) atoms. The first-order valence-electron chi connectivity index (χ1n) is 6.84. The molecule has 0 aliphatic heterocycles. The summed E-state index contributed by atoms with van der Waals surface area (Å²) in [4.78, 5) is 8.60. The van der Waals surface area contributed by atoms with Gasteiger partial charge in [0.15, 0.2) is 0 Å². The van der Waals surface area contributed by atoms with E-state index in [0.29, 0.717) is 18.2 Å². The fraction of sp³-hybridized carbons (Fsp3) is 0.375. The number of methoxy groups -OCH3 is 1. The average molecular weight is 287 g/mol. The van der Waals surface area contributed by atoms with E-state index in [-0.39, 0.29) is 5.54 Å². The van der Waals surface area contributed by atoms with Gasteiger partial charge in [-0.25, -0.2) is 4.98 Å². The Kier molecular flexibility index (Phi) is 4.75. The van der Waals surface area contributed by atoms with E-state index in [9.17, 15) is 0 Å². The van der Waals surface area contributed by atoms with Crippen molar-refractivity contribution in [2.24, 2.45) is 0 Å². The Morgan fingerprint density at radius 2 is 1.71 bits per heavy atom. The highest BCUT2D eigenvalue weighted by molar-refractivity contribution is 5.33. The van der Waals surface area contributed by atoms with Crippen LogP contribution in [-0.2, 0) is 6.54 Å². The standard InChI is InChI=1S/C16H21N3O2/c1-16(2,3)18-10-12-9-17-11-15(19-12)21-14-7-5-13(20-4)6-8-14/h5-9,11,18H,10H2,1-4H3. The van der Waals surface area contributed by atoms with Crippen molar-refractivity contribution in [3.63, 3.8) is 0 Å². The summed E-state index contributed by atoms with van der Waals surface area (Å²) >= 11 is 0. The molecule has 0 unspecified atom stereocenters. The van der Waals surface area contributed by atoms with Gasteiger partial charge in [-0.3, -0.25) is 4.98 Å². The molecule has 5 heteroatoms. The van der Waals surface area contributed by atoms with Crippen LogP contribution in [0.2, 0.25) is 0 Å². The van der Waals surface area contributed by atoms with Crippen LogP contribution >= 0.6 is 0 Å². The van der Waals surface area contributed by atoms with Gasteiger partial charge in [0.1, 0.15) is 11.5 Å². The van der Waals surface area contributed by atoms with E-state index in [0.717, 1.165) is 11.4 Å². The Morgan fingerprint density at radius 1 is 1.05 bits per heavy atom. The van der Waals surface area contributed by atoms with Crippen LogP contribution < -0.4 is 14.8 Å². The smallest absolute Gasteiger partial charge is 0.238 e. The molecule has 0 bridgehead atoms. The van der Waals surface area contributed by atoms with Gasteiger partial charge in [-0.05, 0) is 45.0 Å². The molecule has 1 heterocycles. The number of hydrogen-bond acceptors (Lipinski definition) is 5. The summed E-state index contributed by atoms with van der Waals surface area (Å²) in [5, 5.41) is 3.37. The molecule has 1 aromatic heterocycles. The maximum atomic E-state index is 5.69. The predicted molar refractivity (Wildman–Crippen MR) is 81.7 cm³/mol. The summed E-state index contributed by atoms with van der Waals surface area (Å²) in [6.07, 6.45) is 3.34. The second-order valence-corrected chi connectivity index (χ2v) is 5.73. The van der Waals surface area contributed by atoms with Crippen LogP contribution in [0.3, 0.4) is 0 Å². The molecular weight excluding hydrogens is 266 g/mol. The molecule has 0 spiro atoms. The predicted octanol–water partition coefficient (Wildman–Crippen LogP) is 3.17. The van der Waals surface area contributed by atoms with Gasteiger partial charge in [0.2, 0.25) is 5.88 Å². The first kappa shape index (κ1) is 15.3. The molecule has 0 amide bonds. The van der Waals surface area contributed by atoms with Crippen LogP contribution in [0.5, 0.6) is 17.4 Å². The third-order valence-corrected chi connectivity index (χ3v) is 2.74. The average Bonchev–Trinajstić information content (AvgIpc) is 2.46. The molecule has 0 radical (unpaired) electrons. The molecule has 0 atom stereocenters. The second kappa shape index (κ2) is 6.54. The molecule has 0 fully saturated rings. The van der Waals surface area contributed by atoms with Gasteiger partial charge in [0.25, 0.3) is 0 Å². The summed E-state index contributed by atoms with van der Waals surface area (Å²) in [6, 6.07) is 7.35. The van der Waals surface area contributed by atoms with Gasteiger partial charge in [-0.15, -0.1) is 0 Å². The van der Waals surface area contributed by atoms with Gasteiger partial charge < -0.3 is 14.8 Å². The van der Waals surface area contributed by atoms with Crippen molar-refractivity contribution in [1.82, 2.24) is 15.3 Å². The Bertz CT molecular complexity index is 577. The Morgan fingerprint density at radius 3 is 2.33 bits per heavy atom. The van der Waals surface area contributed by atoms with E-state index in [1.165, 1.54) is 0 Å². The van der Waals surface area contributed by atoms with E-state index >= 15 is 0 Å². The highest BCUT2D eigenvalue weighted by Crippen LogP contribution is 2.22. The molecule has 1 N–H and O–H groups in total. The number of hydrogen-bond donors (Lipinski definition) is 1. The number of nitrogens with zero attached hydrogens (tertiary/aromatic N) is 2. The van der Waals surface area contributed by atoms with Crippen LogP contribution in [0.4, 0.5) is 0 Å². The number of benzene rings is 1. The van der Waals surface area contributed by atoms with E-state index in [4.69, 9.17) is 9.47 Å². The SMILES string of the molecule is COc1ccc(Oc2cncc(CNC(C)(C)C)n2)cc1. The third-order valence-electron chi connectivity index (χ3n) is 2.74. The number of nitrogens with one attached hydrogen (secondary N) is 1. The van der Waals surface area contributed by atoms with Crippen LogP contribution in [-0.4, -0.2) is 22.6 Å². The Labute approximate surface area is 125 Å². The number of rotatable bonds is 5. The minimum Gasteiger partial charge on any atom is -0.497 e. The fourth-order valence-electron chi connectivity index (χ4n) is 1.64. The molecule has 1 aromatic carbocycles. The molecule has 2 rings (SSSR count). The summed E-state index contributed by atoms with van der Waals surface area (Å²) in [7, 11) is 1.63. The largest absolute Gasteiger partial charge is 0.497 e. The molecule has 112 valence electrons. The zero-order valence-corrected chi connectivity index (χ0v) is 12.9. The second-order valence-electron chi connectivity index (χ2n) is 5.73. The van der Waals surface area contributed by atoms with E-state index in [2.05, 4.69) is 36.1 Å². The van der Waals surface area contributed by atoms with Crippen LogP contribution in [0.15, 0.2) is 36.7 Å². The van der Waals surface area contributed by atoms with Crippen LogP contribution in [0.1, 0.15) is 26.5 Å². The quantitative estimate of drug-likeness (QED) is 0.915. The maximum Gasteiger partial charge on any atom is 0.238 e. The minimum absolute atomic E-state index is 0.0362. The highest BCUT2D eigenvalue weighted by Gasteiger charge is 2.09. The van der Waals surface area contributed by atoms with E-state index < -0.39 is 0 Å². The van der Waals surface area contributed by atoms with Gasteiger partial charge in [0.05, 0.1) is 19.0 Å². The zero-order valence-electron chi connectivity index (χ0n) is 12.9. The summed E-state index contributed by atoms with van der Waals surface area (Å²) in [5.41, 5.74) is 0.880. The van der Waals surface area contributed by atoms with Gasteiger partial charge in [-0.1, -0.05) is 0 Å². The lowest BCUT2D eigenvalue weighted by atomic mass is 10.1. The van der Waals surface area contributed by atoms with Gasteiger partial charge >= 0.3 is 0 Å². The maximum absolute atomic E-state index is 5.69. The summed E-state index contributed by atoms with van der Waals surface area (Å²) in [6.45, 7) is 6.98. The van der Waals surface area contributed by atoms with Crippen molar-refractivity contribution in [3.05, 3.63) is 42.4 Å². The molecule has 0 saturated carbocycles. The van der Waals surface area contributed by atoms with Crippen LogP contribution in [0, 0.1) is 0 Å². The lowest BCUT2D eigenvalue weighted by molar-refractivity contribution is 0.409. The Balaban J connectivity index is 2.03. The highest BCUT2D eigenvalue weighted by atomic mass is 16.5. The summed E-state index contributed by atoms with van der Waals surface area (Å²) < 4.78 is 10.8. The number of aromatic nitrogens is 2. The molecule has 0 saturated heterocycles. The van der Waals surface area contributed by atoms with E-state index in [1.54, 1.807) is 19.5 Å².